The van der Waals surface area contributed by atoms with Crippen LogP contribution in [0.15, 0.2) is 85.1 Å². The Bertz CT molecular complexity index is 1320. The summed E-state index contributed by atoms with van der Waals surface area (Å²) < 4.78 is 0. The summed E-state index contributed by atoms with van der Waals surface area (Å²) in [5.74, 6) is -0.0690. The third-order valence-electron chi connectivity index (χ3n) is 15.1. The van der Waals surface area contributed by atoms with E-state index in [1.165, 1.54) is 257 Å². The van der Waals surface area contributed by atoms with Gasteiger partial charge in [-0.05, 0) is 77.0 Å². The van der Waals surface area contributed by atoms with Crippen molar-refractivity contribution in [2.24, 2.45) is 0 Å². The highest BCUT2D eigenvalue weighted by Gasteiger charge is 2.18. The molecule has 0 aromatic rings. The van der Waals surface area contributed by atoms with Crippen molar-refractivity contribution >= 4 is 5.91 Å². The molecule has 75 heavy (non-hydrogen) atoms. The third kappa shape index (κ3) is 62.3. The van der Waals surface area contributed by atoms with Gasteiger partial charge in [0.1, 0.15) is 0 Å². The molecule has 0 aliphatic carbocycles. The molecule has 0 fully saturated rings. The smallest absolute Gasteiger partial charge is 0.220 e. The van der Waals surface area contributed by atoms with Crippen molar-refractivity contribution in [1.82, 2.24) is 5.32 Å². The van der Waals surface area contributed by atoms with Crippen molar-refractivity contribution in [1.29, 1.82) is 0 Å². The molecular formula is C71H129NO3. The quantitative estimate of drug-likeness (QED) is 0.0420. The zero-order valence-electron chi connectivity index (χ0n) is 50.3. The van der Waals surface area contributed by atoms with Gasteiger partial charge in [0, 0.05) is 6.42 Å². The van der Waals surface area contributed by atoms with Gasteiger partial charge in [-0.15, -0.1) is 0 Å². The molecule has 0 aliphatic rings. The topological polar surface area (TPSA) is 69.6 Å². The summed E-state index contributed by atoms with van der Waals surface area (Å²) in [7, 11) is 0. The second-order valence-corrected chi connectivity index (χ2v) is 22.5. The number of hydrogen-bond donors (Lipinski definition) is 3. The Kier molecular flexibility index (Phi) is 63.7. The molecule has 3 N–H and O–H groups in total. The highest BCUT2D eigenvalue weighted by molar-refractivity contribution is 5.76. The first kappa shape index (κ1) is 72.6. The fourth-order valence-corrected chi connectivity index (χ4v) is 10.1. The van der Waals surface area contributed by atoms with Crippen LogP contribution in [0.4, 0.5) is 0 Å². The van der Waals surface area contributed by atoms with Crippen molar-refractivity contribution in [3.05, 3.63) is 85.1 Å². The minimum atomic E-state index is -0.865. The van der Waals surface area contributed by atoms with Crippen LogP contribution >= 0.6 is 0 Å². The fraction of sp³-hybridized carbons (Fsp3) is 0.789. The lowest BCUT2D eigenvalue weighted by Crippen LogP contribution is -2.45. The first-order valence-electron chi connectivity index (χ1n) is 33.3. The monoisotopic (exact) mass is 1040 g/mol. The molecule has 4 heteroatoms. The van der Waals surface area contributed by atoms with Crippen molar-refractivity contribution < 1.29 is 15.0 Å². The molecule has 0 radical (unpaired) electrons. The number of carbonyl (C=O) groups is 1. The van der Waals surface area contributed by atoms with E-state index in [1.807, 2.05) is 6.08 Å². The van der Waals surface area contributed by atoms with Gasteiger partial charge in [0.05, 0.1) is 18.8 Å². The van der Waals surface area contributed by atoms with E-state index < -0.39 is 12.1 Å². The maximum absolute atomic E-state index is 12.5. The number of allylic oxidation sites excluding steroid dienone is 13. The number of amides is 1. The molecule has 2 unspecified atom stereocenters. The van der Waals surface area contributed by atoms with E-state index in [2.05, 4.69) is 92.1 Å². The molecule has 436 valence electrons. The molecule has 0 aliphatic heterocycles. The van der Waals surface area contributed by atoms with Crippen molar-refractivity contribution in [2.75, 3.05) is 6.61 Å². The molecule has 0 aromatic heterocycles. The van der Waals surface area contributed by atoms with Crippen molar-refractivity contribution in [3.63, 3.8) is 0 Å². The van der Waals surface area contributed by atoms with Crippen LogP contribution in [-0.2, 0) is 4.79 Å². The van der Waals surface area contributed by atoms with Gasteiger partial charge in [0.25, 0.3) is 0 Å². The summed E-state index contributed by atoms with van der Waals surface area (Å²) in [5.41, 5.74) is 0. The Labute approximate surface area is 469 Å². The summed E-state index contributed by atoms with van der Waals surface area (Å²) in [6, 6.07) is -0.642. The number of carbonyl (C=O) groups excluding carboxylic acids is 1. The minimum Gasteiger partial charge on any atom is -0.394 e. The Morgan fingerprint density at radius 1 is 0.333 bits per heavy atom. The lowest BCUT2D eigenvalue weighted by molar-refractivity contribution is -0.123. The van der Waals surface area contributed by atoms with Gasteiger partial charge in [-0.1, -0.05) is 343 Å². The molecule has 0 rings (SSSR count). The Morgan fingerprint density at radius 3 is 0.933 bits per heavy atom. The number of aliphatic hydroxyl groups is 2. The van der Waals surface area contributed by atoms with Gasteiger partial charge < -0.3 is 15.5 Å². The lowest BCUT2D eigenvalue weighted by atomic mass is 10.0. The van der Waals surface area contributed by atoms with Crippen LogP contribution in [0, 0.1) is 0 Å². The van der Waals surface area contributed by atoms with E-state index in [9.17, 15) is 15.0 Å². The summed E-state index contributed by atoms with van der Waals surface area (Å²) >= 11 is 0. The van der Waals surface area contributed by atoms with Gasteiger partial charge in [-0.3, -0.25) is 4.79 Å². The van der Waals surface area contributed by atoms with Crippen LogP contribution in [0.2, 0.25) is 0 Å². The summed E-state index contributed by atoms with van der Waals surface area (Å²) in [5, 5.41) is 23.2. The standard InChI is InChI=1S/C71H129NO3/c1-3-5-7-9-11-13-15-17-19-21-23-25-27-29-30-31-32-33-34-35-36-37-38-39-40-41-42-43-45-47-49-51-53-55-57-59-61-63-65-67-71(75)72-69(68-73)70(74)66-64-62-60-58-56-54-52-50-48-46-44-28-26-24-22-20-18-16-14-12-10-8-6-4-2/h5,7,11,13,17,19,23,25,29-30,56,58,64,66,69-70,73-74H,3-4,6,8-10,12,14-16,18,20-22,24,26-28,31-55,57,59-63,65,67-68H2,1-2H3,(H,72,75)/b7-5-,13-11-,19-17-,25-23-,30-29-,58-56+,66-64+. The molecule has 0 saturated heterocycles. The number of rotatable bonds is 61. The van der Waals surface area contributed by atoms with Crippen LogP contribution in [0.3, 0.4) is 0 Å². The van der Waals surface area contributed by atoms with Crippen LogP contribution in [-0.4, -0.2) is 34.9 Å². The number of nitrogens with one attached hydrogen (secondary N) is 1. The second-order valence-electron chi connectivity index (χ2n) is 22.5. The highest BCUT2D eigenvalue weighted by atomic mass is 16.3. The van der Waals surface area contributed by atoms with Crippen molar-refractivity contribution in [2.45, 2.75) is 353 Å². The summed E-state index contributed by atoms with van der Waals surface area (Å²) in [6.07, 6.45) is 96.6. The molecule has 1 amide bonds. The number of aliphatic hydroxyl groups excluding tert-OH is 2. The van der Waals surface area contributed by atoms with Crippen LogP contribution < -0.4 is 5.32 Å². The summed E-state index contributed by atoms with van der Waals surface area (Å²) in [6.45, 7) is 4.21. The average molecular weight is 1040 g/mol. The summed E-state index contributed by atoms with van der Waals surface area (Å²) in [4.78, 5) is 12.5. The van der Waals surface area contributed by atoms with E-state index in [1.54, 1.807) is 6.08 Å². The van der Waals surface area contributed by atoms with Crippen LogP contribution in [0.5, 0.6) is 0 Å². The fourth-order valence-electron chi connectivity index (χ4n) is 10.1. The molecular weight excluding hydrogens is 915 g/mol. The zero-order chi connectivity index (χ0) is 54.1. The first-order valence-corrected chi connectivity index (χ1v) is 33.3. The normalized spacial score (nSPS) is 13.3. The maximum atomic E-state index is 12.5. The molecule has 0 saturated carbocycles. The van der Waals surface area contributed by atoms with Gasteiger partial charge in [0.15, 0.2) is 0 Å². The Hall–Kier alpha value is -2.43. The molecule has 0 bridgehead atoms. The lowest BCUT2D eigenvalue weighted by Gasteiger charge is -2.19. The number of hydrogen-bond acceptors (Lipinski definition) is 3. The second kappa shape index (κ2) is 65.9. The predicted molar refractivity (Wildman–Crippen MR) is 336 cm³/mol. The average Bonchev–Trinajstić information content (AvgIpc) is 3.41. The third-order valence-corrected chi connectivity index (χ3v) is 15.1. The van der Waals surface area contributed by atoms with Crippen molar-refractivity contribution in [3.8, 4) is 0 Å². The molecule has 2 atom stereocenters. The van der Waals surface area contributed by atoms with E-state index in [0.717, 1.165) is 64.2 Å². The predicted octanol–water partition coefficient (Wildman–Crippen LogP) is 22.7. The van der Waals surface area contributed by atoms with Gasteiger partial charge in [-0.25, -0.2) is 0 Å². The maximum Gasteiger partial charge on any atom is 0.220 e. The van der Waals surface area contributed by atoms with E-state index in [0.29, 0.717) is 6.42 Å². The number of unbranched alkanes of at least 4 members (excludes halogenated alkanes) is 42. The molecule has 0 heterocycles. The SMILES string of the molecule is CC/C=C\C/C=C\C/C=C\C/C=C\C/C=C\CCCCCCCCCCCCCCCCCCCCCCCCCC(=O)NC(CO)C(O)/C=C/CC/C=C/CCCCCCCCCCCCCCCCCCCC. The van der Waals surface area contributed by atoms with Gasteiger partial charge >= 0.3 is 0 Å². The zero-order valence-corrected chi connectivity index (χ0v) is 50.3. The van der Waals surface area contributed by atoms with E-state index in [4.69, 9.17) is 0 Å². The molecule has 0 spiro atoms. The first-order chi connectivity index (χ1) is 37.2. The largest absolute Gasteiger partial charge is 0.394 e. The highest BCUT2D eigenvalue weighted by Crippen LogP contribution is 2.18. The van der Waals surface area contributed by atoms with Gasteiger partial charge in [-0.2, -0.15) is 0 Å². The Balaban J connectivity index is 3.46. The van der Waals surface area contributed by atoms with Crippen LogP contribution in [0.1, 0.15) is 341 Å². The molecule has 4 nitrogen and oxygen atoms in total. The van der Waals surface area contributed by atoms with Crippen LogP contribution in [0.25, 0.3) is 0 Å². The van der Waals surface area contributed by atoms with E-state index in [-0.39, 0.29) is 12.5 Å². The molecule has 0 aromatic carbocycles. The van der Waals surface area contributed by atoms with E-state index >= 15 is 0 Å². The van der Waals surface area contributed by atoms with Gasteiger partial charge in [0.2, 0.25) is 5.91 Å². The minimum absolute atomic E-state index is 0.0690. The Morgan fingerprint density at radius 2 is 0.600 bits per heavy atom.